The number of hydrogen-bond acceptors (Lipinski definition) is 2. The number of carbonyl (C=O) groups is 1. The third kappa shape index (κ3) is 4.60. The molecule has 1 amide bonds. The first-order valence-electron chi connectivity index (χ1n) is 6.75. The number of amides is 1. The molecule has 1 atom stereocenters. The van der Waals surface area contributed by atoms with Crippen LogP contribution < -0.4 is 10.1 Å². The van der Waals surface area contributed by atoms with Crippen molar-refractivity contribution in [3.05, 3.63) is 58.1 Å². The van der Waals surface area contributed by atoms with Gasteiger partial charge in [0.25, 0.3) is 5.91 Å². The highest BCUT2D eigenvalue weighted by atomic mass is 79.9. The van der Waals surface area contributed by atoms with Gasteiger partial charge < -0.3 is 10.1 Å². The smallest absolute Gasteiger partial charge is 0.265 e. The summed E-state index contributed by atoms with van der Waals surface area (Å²) in [6, 6.07) is 13.4. The van der Waals surface area contributed by atoms with Crippen molar-refractivity contribution in [1.82, 2.24) is 0 Å². The Hall–Kier alpha value is -1.81. The molecule has 0 bridgehead atoms. The Morgan fingerprint density at radius 1 is 1.14 bits per heavy atom. The molecule has 2 aromatic carbocycles. The van der Waals surface area contributed by atoms with E-state index in [0.717, 1.165) is 21.3 Å². The number of benzene rings is 2. The van der Waals surface area contributed by atoms with E-state index in [9.17, 15) is 4.79 Å². The molecule has 1 N–H and O–H groups in total. The molecule has 4 heteroatoms. The molecule has 110 valence electrons. The molecule has 0 saturated heterocycles. The maximum Gasteiger partial charge on any atom is 0.265 e. The van der Waals surface area contributed by atoms with Crippen LogP contribution in [0.25, 0.3) is 0 Å². The highest BCUT2D eigenvalue weighted by Crippen LogP contribution is 2.19. The van der Waals surface area contributed by atoms with Crippen molar-refractivity contribution < 1.29 is 9.53 Å². The van der Waals surface area contributed by atoms with E-state index in [2.05, 4.69) is 27.3 Å². The van der Waals surface area contributed by atoms with E-state index in [1.807, 2.05) is 50.2 Å². The summed E-state index contributed by atoms with van der Waals surface area (Å²) in [5.41, 5.74) is 3.03. The predicted octanol–water partition coefficient (Wildman–Crippen LogP) is 4.47. The van der Waals surface area contributed by atoms with Crippen LogP contribution in [0.3, 0.4) is 0 Å². The van der Waals surface area contributed by atoms with E-state index >= 15 is 0 Å². The maximum absolute atomic E-state index is 12.2. The first-order valence-corrected chi connectivity index (χ1v) is 7.55. The van der Waals surface area contributed by atoms with Crippen LogP contribution in [-0.2, 0) is 4.79 Å². The lowest BCUT2D eigenvalue weighted by molar-refractivity contribution is -0.122. The van der Waals surface area contributed by atoms with E-state index in [-0.39, 0.29) is 5.91 Å². The zero-order valence-electron chi connectivity index (χ0n) is 12.3. The predicted molar refractivity (Wildman–Crippen MR) is 88.8 cm³/mol. The Morgan fingerprint density at radius 2 is 1.81 bits per heavy atom. The summed E-state index contributed by atoms with van der Waals surface area (Å²) in [5, 5.41) is 2.88. The molecule has 2 aromatic rings. The van der Waals surface area contributed by atoms with Crippen molar-refractivity contribution in [2.75, 3.05) is 5.32 Å². The Balaban J connectivity index is 2.02. The topological polar surface area (TPSA) is 38.3 Å². The molecule has 2 rings (SSSR count). The molecule has 0 aliphatic rings. The second kappa shape index (κ2) is 6.76. The van der Waals surface area contributed by atoms with Gasteiger partial charge in [-0.15, -0.1) is 0 Å². The lowest BCUT2D eigenvalue weighted by Gasteiger charge is -2.15. The number of rotatable bonds is 4. The van der Waals surface area contributed by atoms with Crippen molar-refractivity contribution in [3.63, 3.8) is 0 Å². The highest BCUT2D eigenvalue weighted by molar-refractivity contribution is 9.10. The maximum atomic E-state index is 12.2. The molecule has 0 unspecified atom stereocenters. The molecule has 3 nitrogen and oxygen atoms in total. The number of aryl methyl sites for hydroxylation is 2. The van der Waals surface area contributed by atoms with Crippen molar-refractivity contribution in [3.8, 4) is 5.75 Å². The van der Waals surface area contributed by atoms with Crippen molar-refractivity contribution in [1.29, 1.82) is 0 Å². The monoisotopic (exact) mass is 347 g/mol. The molecule has 0 aromatic heterocycles. The van der Waals surface area contributed by atoms with Gasteiger partial charge in [0.2, 0.25) is 0 Å². The average Bonchev–Trinajstić information content (AvgIpc) is 2.37. The van der Waals surface area contributed by atoms with E-state index in [0.29, 0.717) is 5.75 Å². The standard InChI is InChI=1S/C17H18BrNO2/c1-11-7-12(2)9-15(8-11)19-17(20)13(3)21-16-6-4-5-14(18)10-16/h4-10,13H,1-3H3,(H,19,20)/t13-/m1/s1. The SMILES string of the molecule is Cc1cc(C)cc(NC(=O)[C@@H](C)Oc2cccc(Br)c2)c1. The molecule has 0 spiro atoms. The zero-order chi connectivity index (χ0) is 15.4. The Morgan fingerprint density at radius 3 is 2.43 bits per heavy atom. The average molecular weight is 348 g/mol. The minimum atomic E-state index is -0.569. The van der Waals surface area contributed by atoms with Crippen LogP contribution in [0.5, 0.6) is 5.75 Å². The molecule has 0 aliphatic carbocycles. The van der Waals surface area contributed by atoms with Gasteiger partial charge in [-0.2, -0.15) is 0 Å². The zero-order valence-corrected chi connectivity index (χ0v) is 13.9. The van der Waals surface area contributed by atoms with Gasteiger partial charge >= 0.3 is 0 Å². The van der Waals surface area contributed by atoms with Crippen LogP contribution in [0.4, 0.5) is 5.69 Å². The van der Waals surface area contributed by atoms with Gasteiger partial charge in [-0.3, -0.25) is 4.79 Å². The van der Waals surface area contributed by atoms with Crippen molar-refractivity contribution in [2.24, 2.45) is 0 Å². The van der Waals surface area contributed by atoms with E-state index in [4.69, 9.17) is 4.74 Å². The highest BCUT2D eigenvalue weighted by Gasteiger charge is 2.15. The fraction of sp³-hybridized carbons (Fsp3) is 0.235. The summed E-state index contributed by atoms with van der Waals surface area (Å²) in [7, 11) is 0. The molecule has 21 heavy (non-hydrogen) atoms. The van der Waals surface area contributed by atoms with Gasteiger partial charge in [-0.25, -0.2) is 0 Å². The van der Waals surface area contributed by atoms with Gasteiger partial charge in [0, 0.05) is 10.2 Å². The molecule has 0 saturated carbocycles. The number of ether oxygens (including phenoxy) is 1. The van der Waals surface area contributed by atoms with Crippen LogP contribution in [0.1, 0.15) is 18.1 Å². The molecular weight excluding hydrogens is 330 g/mol. The lowest BCUT2D eigenvalue weighted by Crippen LogP contribution is -2.30. The molecule has 0 aliphatic heterocycles. The van der Waals surface area contributed by atoms with E-state index in [1.54, 1.807) is 6.92 Å². The van der Waals surface area contributed by atoms with Crippen molar-refractivity contribution >= 4 is 27.5 Å². The number of carbonyl (C=O) groups excluding carboxylic acids is 1. The molecular formula is C17H18BrNO2. The lowest BCUT2D eigenvalue weighted by atomic mass is 10.1. The van der Waals surface area contributed by atoms with Crippen LogP contribution in [0.15, 0.2) is 46.9 Å². The second-order valence-electron chi connectivity index (χ2n) is 5.08. The van der Waals surface area contributed by atoms with Crippen LogP contribution >= 0.6 is 15.9 Å². The van der Waals surface area contributed by atoms with Gasteiger partial charge in [0.05, 0.1) is 0 Å². The van der Waals surface area contributed by atoms with E-state index in [1.165, 1.54) is 0 Å². The number of nitrogens with one attached hydrogen (secondary N) is 1. The summed E-state index contributed by atoms with van der Waals surface area (Å²) in [5.74, 6) is 0.493. The van der Waals surface area contributed by atoms with Crippen LogP contribution in [0.2, 0.25) is 0 Å². The first kappa shape index (κ1) is 15.6. The summed E-state index contributed by atoms with van der Waals surface area (Å²) in [6.45, 7) is 5.74. The van der Waals surface area contributed by atoms with Gasteiger partial charge in [0.1, 0.15) is 5.75 Å². The second-order valence-corrected chi connectivity index (χ2v) is 6.00. The summed E-state index contributed by atoms with van der Waals surface area (Å²) in [4.78, 5) is 12.2. The largest absolute Gasteiger partial charge is 0.481 e. The van der Waals surface area contributed by atoms with E-state index < -0.39 is 6.10 Å². The Kier molecular flexibility index (Phi) is 5.02. The summed E-state index contributed by atoms with van der Waals surface area (Å²) >= 11 is 3.38. The molecule has 0 fully saturated rings. The van der Waals surface area contributed by atoms with Gasteiger partial charge in [-0.05, 0) is 62.2 Å². The number of anilines is 1. The fourth-order valence-electron chi connectivity index (χ4n) is 2.09. The van der Waals surface area contributed by atoms with Gasteiger partial charge in [0.15, 0.2) is 6.10 Å². The number of hydrogen-bond donors (Lipinski definition) is 1. The minimum Gasteiger partial charge on any atom is -0.481 e. The summed E-state index contributed by atoms with van der Waals surface area (Å²) in [6.07, 6.45) is -0.569. The Labute approximate surface area is 133 Å². The third-order valence-electron chi connectivity index (χ3n) is 2.97. The minimum absolute atomic E-state index is 0.167. The number of halogens is 1. The first-order chi connectivity index (χ1) is 9.94. The quantitative estimate of drug-likeness (QED) is 0.885. The fourth-order valence-corrected chi connectivity index (χ4v) is 2.47. The molecule has 0 heterocycles. The third-order valence-corrected chi connectivity index (χ3v) is 3.46. The summed E-state index contributed by atoms with van der Waals surface area (Å²) < 4.78 is 6.57. The molecule has 0 radical (unpaired) electrons. The van der Waals surface area contributed by atoms with Crippen molar-refractivity contribution in [2.45, 2.75) is 26.9 Å². The Bertz CT molecular complexity index is 635. The van der Waals surface area contributed by atoms with Crippen LogP contribution in [0, 0.1) is 13.8 Å². The normalized spacial score (nSPS) is 11.8. The van der Waals surface area contributed by atoms with Crippen LogP contribution in [-0.4, -0.2) is 12.0 Å². The van der Waals surface area contributed by atoms with Gasteiger partial charge in [-0.1, -0.05) is 28.1 Å².